The Hall–Kier alpha value is -3.32. The van der Waals surface area contributed by atoms with E-state index in [9.17, 15) is 4.79 Å². The van der Waals surface area contributed by atoms with Gasteiger partial charge in [0.05, 0.1) is 18.6 Å². The third kappa shape index (κ3) is 4.80. The zero-order valence-electron chi connectivity index (χ0n) is 20.0. The van der Waals surface area contributed by atoms with E-state index in [4.69, 9.17) is 0 Å². The predicted molar refractivity (Wildman–Crippen MR) is 134 cm³/mol. The first-order valence-corrected chi connectivity index (χ1v) is 12.2. The number of fused-ring (bicyclic) bond motifs is 1. The molecule has 4 aromatic rings. The van der Waals surface area contributed by atoms with E-state index in [1.807, 2.05) is 29.8 Å². The quantitative estimate of drug-likeness (QED) is 0.442. The molecule has 0 bridgehead atoms. The van der Waals surface area contributed by atoms with E-state index in [2.05, 4.69) is 62.7 Å². The fraction of sp³-hybridized carbons (Fsp3) is 0.407. The summed E-state index contributed by atoms with van der Waals surface area (Å²) in [5.74, 6) is 0.832. The number of rotatable bonds is 7. The zero-order chi connectivity index (χ0) is 23.5. The lowest BCUT2D eigenvalue weighted by Crippen LogP contribution is -2.38. The molecule has 7 heteroatoms. The van der Waals surface area contributed by atoms with Crippen LogP contribution in [0.25, 0.3) is 10.9 Å². The SMILES string of the molecule is Cc1ccc(C)c2[nH]c(=O)c(CN(Cc3nnnn3Cc3ccccc3)C3CCCCC3)cc12. The van der Waals surface area contributed by atoms with E-state index in [0.29, 0.717) is 25.7 Å². The molecule has 0 saturated heterocycles. The summed E-state index contributed by atoms with van der Waals surface area (Å²) in [6.45, 7) is 5.98. The predicted octanol–water partition coefficient (Wildman–Crippen LogP) is 4.51. The van der Waals surface area contributed by atoms with Crippen molar-refractivity contribution in [1.29, 1.82) is 0 Å². The number of nitrogens with one attached hydrogen (secondary N) is 1. The Labute approximate surface area is 199 Å². The molecule has 0 unspecified atom stereocenters. The van der Waals surface area contributed by atoms with Crippen molar-refractivity contribution in [2.24, 2.45) is 0 Å². The number of aryl methyl sites for hydroxylation is 2. The minimum Gasteiger partial charge on any atom is -0.321 e. The number of aromatic amines is 1. The summed E-state index contributed by atoms with van der Waals surface area (Å²) in [6.07, 6.45) is 6.02. The number of pyridine rings is 1. The van der Waals surface area contributed by atoms with Crippen LogP contribution in [0.3, 0.4) is 0 Å². The molecule has 1 fully saturated rings. The number of aromatic nitrogens is 5. The molecular weight excluding hydrogens is 424 g/mol. The lowest BCUT2D eigenvalue weighted by Gasteiger charge is -2.33. The van der Waals surface area contributed by atoms with Gasteiger partial charge in [0.2, 0.25) is 0 Å². The Morgan fingerprint density at radius 3 is 2.56 bits per heavy atom. The van der Waals surface area contributed by atoms with Crippen molar-refractivity contribution in [2.75, 3.05) is 0 Å². The van der Waals surface area contributed by atoms with Crippen molar-refractivity contribution in [3.63, 3.8) is 0 Å². The third-order valence-electron chi connectivity index (χ3n) is 7.11. The van der Waals surface area contributed by atoms with E-state index < -0.39 is 0 Å². The van der Waals surface area contributed by atoms with Crippen molar-refractivity contribution in [1.82, 2.24) is 30.1 Å². The van der Waals surface area contributed by atoms with Gasteiger partial charge in [0.15, 0.2) is 5.82 Å². The first kappa shape index (κ1) is 22.5. The molecule has 1 aliphatic rings. The van der Waals surface area contributed by atoms with Gasteiger partial charge in [-0.1, -0.05) is 61.7 Å². The van der Waals surface area contributed by atoms with E-state index in [1.165, 1.54) is 24.8 Å². The Bertz CT molecular complexity index is 1320. The topological polar surface area (TPSA) is 79.7 Å². The molecule has 2 aromatic heterocycles. The molecule has 34 heavy (non-hydrogen) atoms. The highest BCUT2D eigenvalue weighted by Gasteiger charge is 2.24. The molecule has 0 radical (unpaired) electrons. The first-order chi connectivity index (χ1) is 16.6. The molecule has 1 saturated carbocycles. The van der Waals surface area contributed by atoms with Crippen LogP contribution in [0, 0.1) is 13.8 Å². The molecule has 7 nitrogen and oxygen atoms in total. The number of hydrogen-bond acceptors (Lipinski definition) is 5. The van der Waals surface area contributed by atoms with Crippen LogP contribution < -0.4 is 5.56 Å². The smallest absolute Gasteiger partial charge is 0.252 e. The molecule has 0 amide bonds. The fourth-order valence-electron chi connectivity index (χ4n) is 5.11. The van der Waals surface area contributed by atoms with Crippen LogP contribution in [0.4, 0.5) is 0 Å². The molecular formula is C27H32N6O. The number of nitrogens with zero attached hydrogens (tertiary/aromatic N) is 5. The largest absolute Gasteiger partial charge is 0.321 e. The number of H-pyrrole nitrogens is 1. The van der Waals surface area contributed by atoms with Gasteiger partial charge < -0.3 is 4.98 Å². The van der Waals surface area contributed by atoms with Crippen molar-refractivity contribution < 1.29 is 0 Å². The molecule has 2 heterocycles. The second kappa shape index (κ2) is 9.89. The third-order valence-corrected chi connectivity index (χ3v) is 7.11. The standard InChI is InChI=1S/C27H32N6O/c1-19-13-14-20(2)26-24(19)15-22(27(34)28-26)17-32(23-11-7-4-8-12-23)18-25-29-30-31-33(25)16-21-9-5-3-6-10-21/h3,5-6,9-10,13-15,23H,4,7-8,11-12,16-18H2,1-2H3,(H,28,34). The van der Waals surface area contributed by atoms with Crippen LogP contribution >= 0.6 is 0 Å². The maximum atomic E-state index is 13.1. The molecule has 0 spiro atoms. The van der Waals surface area contributed by atoms with Gasteiger partial charge in [0.25, 0.3) is 5.56 Å². The summed E-state index contributed by atoms with van der Waals surface area (Å²) in [5, 5.41) is 13.7. The monoisotopic (exact) mass is 456 g/mol. The minimum atomic E-state index is -0.00844. The zero-order valence-corrected chi connectivity index (χ0v) is 20.0. The van der Waals surface area contributed by atoms with Gasteiger partial charge in [-0.15, -0.1) is 5.10 Å². The summed E-state index contributed by atoms with van der Waals surface area (Å²) in [5.41, 5.74) is 5.16. The second-order valence-electron chi connectivity index (χ2n) is 9.55. The van der Waals surface area contributed by atoms with Crippen molar-refractivity contribution in [3.8, 4) is 0 Å². The fourth-order valence-corrected chi connectivity index (χ4v) is 5.11. The summed E-state index contributed by atoms with van der Waals surface area (Å²) < 4.78 is 1.88. The molecule has 5 rings (SSSR count). The summed E-state index contributed by atoms with van der Waals surface area (Å²) in [7, 11) is 0. The van der Waals surface area contributed by atoms with Crippen LogP contribution in [0.1, 0.15) is 60.2 Å². The van der Waals surface area contributed by atoms with Gasteiger partial charge in [0.1, 0.15) is 0 Å². The van der Waals surface area contributed by atoms with Crippen molar-refractivity contribution in [2.45, 2.75) is 71.6 Å². The number of benzene rings is 2. The number of hydrogen-bond donors (Lipinski definition) is 1. The Balaban J connectivity index is 1.45. The Morgan fingerprint density at radius 2 is 1.76 bits per heavy atom. The summed E-state index contributed by atoms with van der Waals surface area (Å²) in [4.78, 5) is 18.7. The molecule has 2 aromatic carbocycles. The lowest BCUT2D eigenvalue weighted by molar-refractivity contribution is 0.134. The molecule has 0 atom stereocenters. The van der Waals surface area contributed by atoms with E-state index in [1.54, 1.807) is 0 Å². The highest BCUT2D eigenvalue weighted by molar-refractivity contribution is 5.85. The summed E-state index contributed by atoms with van der Waals surface area (Å²) in [6, 6.07) is 16.9. The van der Waals surface area contributed by atoms with E-state index in [-0.39, 0.29) is 5.56 Å². The number of tetrazole rings is 1. The van der Waals surface area contributed by atoms with Crippen molar-refractivity contribution in [3.05, 3.63) is 87.0 Å². The van der Waals surface area contributed by atoms with Crippen LogP contribution in [0.15, 0.2) is 53.3 Å². The van der Waals surface area contributed by atoms with Gasteiger partial charge in [-0.3, -0.25) is 9.69 Å². The van der Waals surface area contributed by atoms with E-state index >= 15 is 0 Å². The van der Waals surface area contributed by atoms with Crippen LogP contribution in [-0.2, 0) is 19.6 Å². The Kier molecular flexibility index (Phi) is 6.54. The normalized spacial score (nSPS) is 14.8. The molecule has 176 valence electrons. The van der Waals surface area contributed by atoms with Gasteiger partial charge in [-0.05, 0) is 59.9 Å². The molecule has 0 aliphatic heterocycles. The molecule has 1 N–H and O–H groups in total. The highest BCUT2D eigenvalue weighted by Crippen LogP contribution is 2.26. The van der Waals surface area contributed by atoms with Crippen molar-refractivity contribution >= 4 is 10.9 Å². The first-order valence-electron chi connectivity index (χ1n) is 12.2. The van der Waals surface area contributed by atoms with Crippen LogP contribution in [0.5, 0.6) is 0 Å². The van der Waals surface area contributed by atoms with Crippen LogP contribution in [0.2, 0.25) is 0 Å². The summed E-state index contributed by atoms with van der Waals surface area (Å²) >= 11 is 0. The maximum Gasteiger partial charge on any atom is 0.252 e. The molecule has 1 aliphatic carbocycles. The minimum absolute atomic E-state index is 0.00844. The lowest BCUT2D eigenvalue weighted by atomic mass is 9.93. The van der Waals surface area contributed by atoms with Gasteiger partial charge >= 0.3 is 0 Å². The second-order valence-corrected chi connectivity index (χ2v) is 9.55. The Morgan fingerprint density at radius 1 is 1.00 bits per heavy atom. The average molecular weight is 457 g/mol. The van der Waals surface area contributed by atoms with E-state index in [0.717, 1.165) is 46.3 Å². The van der Waals surface area contributed by atoms with Crippen LogP contribution in [-0.4, -0.2) is 36.1 Å². The van der Waals surface area contributed by atoms with Gasteiger partial charge in [0, 0.05) is 23.5 Å². The highest BCUT2D eigenvalue weighted by atomic mass is 16.1. The average Bonchev–Trinajstić information content (AvgIpc) is 3.29. The maximum absolute atomic E-state index is 13.1. The van der Waals surface area contributed by atoms with Gasteiger partial charge in [-0.2, -0.15) is 0 Å². The van der Waals surface area contributed by atoms with Gasteiger partial charge in [-0.25, -0.2) is 4.68 Å².